The van der Waals surface area contributed by atoms with E-state index in [1.54, 1.807) is 26.0 Å². The standard InChI is InChI=1S/C19H12F3N3O2S/c1-8-13-9(2)23-17(12-4-3-7-27-12)25-19(13)28-16(8)18(26)24-11-6-5-10(20)14(21)15(11)22/h3-7H,1-2H3,(H,24,26). The van der Waals surface area contributed by atoms with Crippen LogP contribution in [0.15, 0.2) is 34.9 Å². The Morgan fingerprint density at radius 1 is 1.11 bits per heavy atom. The molecule has 1 aromatic carbocycles. The molecule has 0 fully saturated rings. The third kappa shape index (κ3) is 2.93. The smallest absolute Gasteiger partial charge is 0.266 e. The van der Waals surface area contributed by atoms with E-state index in [9.17, 15) is 18.0 Å². The van der Waals surface area contributed by atoms with E-state index < -0.39 is 29.0 Å². The van der Waals surface area contributed by atoms with Gasteiger partial charge in [-0.05, 0) is 43.7 Å². The molecule has 0 unspecified atom stereocenters. The SMILES string of the molecule is Cc1nc(-c2ccco2)nc2sc(C(=O)Nc3ccc(F)c(F)c3F)c(C)c12. The predicted octanol–water partition coefficient (Wildman–Crippen LogP) is 5.24. The molecule has 0 bridgehead atoms. The lowest BCUT2D eigenvalue weighted by atomic mass is 10.1. The van der Waals surface area contributed by atoms with Crippen LogP contribution in [0.3, 0.4) is 0 Å². The molecule has 0 atom stereocenters. The Morgan fingerprint density at radius 3 is 2.61 bits per heavy atom. The minimum Gasteiger partial charge on any atom is -0.461 e. The van der Waals surface area contributed by atoms with Crippen molar-refractivity contribution in [2.24, 2.45) is 0 Å². The first-order valence-corrected chi connectivity index (χ1v) is 8.95. The van der Waals surface area contributed by atoms with Crippen LogP contribution in [-0.4, -0.2) is 15.9 Å². The summed E-state index contributed by atoms with van der Waals surface area (Å²) in [5, 5.41) is 2.99. The van der Waals surface area contributed by atoms with Crippen LogP contribution < -0.4 is 5.32 Å². The van der Waals surface area contributed by atoms with Crippen LogP contribution in [-0.2, 0) is 0 Å². The Morgan fingerprint density at radius 2 is 1.89 bits per heavy atom. The highest BCUT2D eigenvalue weighted by Gasteiger charge is 2.22. The van der Waals surface area contributed by atoms with Crippen LogP contribution in [0.25, 0.3) is 21.8 Å². The largest absolute Gasteiger partial charge is 0.461 e. The summed E-state index contributed by atoms with van der Waals surface area (Å²) < 4.78 is 45.6. The lowest BCUT2D eigenvalue weighted by molar-refractivity contribution is 0.102. The van der Waals surface area contributed by atoms with Gasteiger partial charge in [-0.3, -0.25) is 4.79 Å². The number of fused-ring (bicyclic) bond motifs is 1. The molecule has 4 rings (SSSR count). The summed E-state index contributed by atoms with van der Waals surface area (Å²) in [6.07, 6.45) is 1.51. The fourth-order valence-corrected chi connectivity index (χ4v) is 4.00. The number of nitrogens with one attached hydrogen (secondary N) is 1. The molecule has 9 heteroatoms. The van der Waals surface area contributed by atoms with Gasteiger partial charge in [-0.2, -0.15) is 0 Å². The average Bonchev–Trinajstić information content (AvgIpc) is 3.30. The van der Waals surface area contributed by atoms with Crippen molar-refractivity contribution >= 4 is 33.1 Å². The van der Waals surface area contributed by atoms with Crippen molar-refractivity contribution < 1.29 is 22.4 Å². The molecular weight excluding hydrogens is 391 g/mol. The van der Waals surface area contributed by atoms with Gasteiger partial charge >= 0.3 is 0 Å². The molecule has 0 spiro atoms. The average molecular weight is 403 g/mol. The number of benzene rings is 1. The first-order valence-electron chi connectivity index (χ1n) is 8.13. The summed E-state index contributed by atoms with van der Waals surface area (Å²) in [6, 6.07) is 5.15. The second-order valence-corrected chi connectivity index (χ2v) is 7.02. The molecule has 0 aliphatic carbocycles. The summed E-state index contributed by atoms with van der Waals surface area (Å²) in [7, 11) is 0. The first-order chi connectivity index (χ1) is 13.4. The van der Waals surface area contributed by atoms with Crippen LogP contribution in [0, 0.1) is 31.3 Å². The number of carbonyl (C=O) groups is 1. The molecule has 5 nitrogen and oxygen atoms in total. The monoisotopic (exact) mass is 403 g/mol. The van der Waals surface area contributed by atoms with Crippen molar-refractivity contribution in [3.05, 3.63) is 64.1 Å². The van der Waals surface area contributed by atoms with E-state index in [0.717, 1.165) is 23.5 Å². The van der Waals surface area contributed by atoms with E-state index in [2.05, 4.69) is 15.3 Å². The Hall–Kier alpha value is -3.20. The van der Waals surface area contributed by atoms with Crippen LogP contribution >= 0.6 is 11.3 Å². The minimum atomic E-state index is -1.64. The van der Waals surface area contributed by atoms with Gasteiger partial charge in [0.1, 0.15) is 4.83 Å². The normalized spacial score (nSPS) is 11.2. The summed E-state index contributed by atoms with van der Waals surface area (Å²) >= 11 is 1.09. The quantitative estimate of drug-likeness (QED) is 0.475. The second kappa shape index (κ2) is 6.75. The van der Waals surface area contributed by atoms with Crippen molar-refractivity contribution in [1.82, 2.24) is 9.97 Å². The van der Waals surface area contributed by atoms with Crippen LogP contribution in [0.1, 0.15) is 20.9 Å². The molecule has 142 valence electrons. The number of aryl methyl sites for hydroxylation is 2. The zero-order valence-corrected chi connectivity index (χ0v) is 15.5. The van der Waals surface area contributed by atoms with Crippen molar-refractivity contribution in [2.45, 2.75) is 13.8 Å². The van der Waals surface area contributed by atoms with E-state index in [1.165, 1.54) is 6.26 Å². The van der Waals surface area contributed by atoms with Gasteiger partial charge in [0.15, 0.2) is 29.0 Å². The van der Waals surface area contributed by atoms with Crippen molar-refractivity contribution in [2.75, 3.05) is 5.32 Å². The van der Waals surface area contributed by atoms with E-state index in [0.29, 0.717) is 33.1 Å². The molecule has 0 radical (unpaired) electrons. The van der Waals surface area contributed by atoms with Crippen molar-refractivity contribution in [3.63, 3.8) is 0 Å². The molecule has 0 saturated carbocycles. The fourth-order valence-electron chi connectivity index (χ4n) is 2.87. The summed E-state index contributed by atoms with van der Waals surface area (Å²) in [5.41, 5.74) is 0.826. The van der Waals surface area contributed by atoms with E-state index >= 15 is 0 Å². The van der Waals surface area contributed by atoms with Crippen LogP contribution in [0.2, 0.25) is 0 Å². The number of aromatic nitrogens is 2. The van der Waals surface area contributed by atoms with Crippen molar-refractivity contribution in [3.8, 4) is 11.6 Å². The topological polar surface area (TPSA) is 68.0 Å². The highest BCUT2D eigenvalue weighted by molar-refractivity contribution is 7.20. The maximum Gasteiger partial charge on any atom is 0.266 e. The van der Waals surface area contributed by atoms with Gasteiger partial charge in [-0.1, -0.05) is 0 Å². The highest BCUT2D eigenvalue weighted by Crippen LogP contribution is 2.33. The molecule has 28 heavy (non-hydrogen) atoms. The number of thiophene rings is 1. The van der Waals surface area contributed by atoms with Gasteiger partial charge < -0.3 is 9.73 Å². The van der Waals surface area contributed by atoms with Gasteiger partial charge in [0, 0.05) is 5.39 Å². The predicted molar refractivity (Wildman–Crippen MR) is 98.9 cm³/mol. The van der Waals surface area contributed by atoms with E-state index in [1.807, 2.05) is 0 Å². The van der Waals surface area contributed by atoms with Gasteiger partial charge in [0.05, 0.1) is 22.5 Å². The zero-order valence-electron chi connectivity index (χ0n) is 14.6. The highest BCUT2D eigenvalue weighted by atomic mass is 32.1. The maximum absolute atomic E-state index is 13.9. The number of anilines is 1. The molecule has 4 aromatic rings. The zero-order chi connectivity index (χ0) is 20.0. The molecule has 1 amide bonds. The molecule has 1 N–H and O–H groups in total. The molecule has 3 aromatic heterocycles. The first kappa shape index (κ1) is 18.2. The summed E-state index contributed by atoms with van der Waals surface area (Å²) in [6.45, 7) is 3.51. The van der Waals surface area contributed by atoms with E-state index in [-0.39, 0.29) is 4.88 Å². The minimum absolute atomic E-state index is 0.271. The number of hydrogen-bond donors (Lipinski definition) is 1. The van der Waals surface area contributed by atoms with Gasteiger partial charge in [-0.25, -0.2) is 23.1 Å². The number of amides is 1. The van der Waals surface area contributed by atoms with Gasteiger partial charge in [0.2, 0.25) is 0 Å². The Kier molecular flexibility index (Phi) is 4.38. The van der Waals surface area contributed by atoms with Crippen LogP contribution in [0.4, 0.5) is 18.9 Å². The Balaban J connectivity index is 1.75. The van der Waals surface area contributed by atoms with E-state index in [4.69, 9.17) is 4.42 Å². The number of rotatable bonds is 3. The number of nitrogens with zero attached hydrogens (tertiary/aromatic N) is 2. The number of halogens is 3. The fraction of sp³-hybridized carbons (Fsp3) is 0.105. The Labute approximate surface area is 160 Å². The molecule has 0 aliphatic rings. The number of carbonyl (C=O) groups excluding carboxylic acids is 1. The third-order valence-electron chi connectivity index (χ3n) is 4.20. The van der Waals surface area contributed by atoms with Crippen molar-refractivity contribution in [1.29, 1.82) is 0 Å². The molecule has 0 saturated heterocycles. The lowest BCUT2D eigenvalue weighted by Gasteiger charge is -2.07. The molecule has 3 heterocycles. The van der Waals surface area contributed by atoms with Gasteiger partial charge in [0.25, 0.3) is 5.91 Å². The van der Waals surface area contributed by atoms with Crippen LogP contribution in [0.5, 0.6) is 0 Å². The second-order valence-electron chi connectivity index (χ2n) is 6.02. The third-order valence-corrected chi connectivity index (χ3v) is 5.39. The molecular formula is C19H12F3N3O2S. The summed E-state index contributed by atoms with van der Waals surface area (Å²) in [5.74, 6) is -4.20. The van der Waals surface area contributed by atoms with Gasteiger partial charge in [-0.15, -0.1) is 11.3 Å². The molecule has 0 aliphatic heterocycles. The number of furan rings is 1. The number of hydrogen-bond acceptors (Lipinski definition) is 5. The Bertz CT molecular complexity index is 1220. The lowest BCUT2D eigenvalue weighted by Crippen LogP contribution is -2.13. The maximum atomic E-state index is 13.9. The summed E-state index contributed by atoms with van der Waals surface area (Å²) in [4.78, 5) is 22.3.